The van der Waals surface area contributed by atoms with E-state index >= 15 is 4.39 Å². The third kappa shape index (κ3) is 5.01. The van der Waals surface area contributed by atoms with Crippen LogP contribution in [0.25, 0.3) is 11.3 Å². The van der Waals surface area contributed by atoms with Gasteiger partial charge >= 0.3 is 0 Å². The van der Waals surface area contributed by atoms with Gasteiger partial charge < -0.3 is 10.2 Å². The van der Waals surface area contributed by atoms with Gasteiger partial charge in [0, 0.05) is 61.6 Å². The van der Waals surface area contributed by atoms with Crippen LogP contribution in [0.1, 0.15) is 24.6 Å². The molecule has 0 radical (unpaired) electrons. The van der Waals surface area contributed by atoms with E-state index in [-0.39, 0.29) is 18.1 Å². The Kier molecular flexibility index (Phi) is 7.06. The molecule has 0 spiro atoms. The first-order chi connectivity index (χ1) is 16.5. The van der Waals surface area contributed by atoms with Crippen LogP contribution >= 0.6 is 0 Å². The Hall–Kier alpha value is -3.94. The number of hydrogen-bond acceptors (Lipinski definition) is 6. The fraction of sp³-hybridized carbons (Fsp3) is 0.231. The third-order valence-electron chi connectivity index (χ3n) is 5.65. The Labute approximate surface area is 197 Å². The highest BCUT2D eigenvalue weighted by Gasteiger charge is 2.21. The van der Waals surface area contributed by atoms with E-state index < -0.39 is 11.6 Å². The Morgan fingerprint density at radius 1 is 1.18 bits per heavy atom. The molecule has 8 heteroatoms. The molecule has 4 heterocycles. The minimum Gasteiger partial charge on any atom is -0.364 e. The number of allylic oxidation sites excluding steroid dienone is 1. The largest absolute Gasteiger partial charge is 0.364 e. The standard InChI is InChI=1S/C26H26F2N6/c1-4-5-20-16-34(11-8-22(20)29-3)23-7-10-31-26(24(23)28)33-15-18-13-21(27)25(32-14-18)19-6-9-30-17(2)12-19/h4-7,9-10,12-14H,3,8,11,15-16H2,1-2H3,(H,31,33)/b5-4-. The van der Waals surface area contributed by atoms with Crippen molar-refractivity contribution in [1.82, 2.24) is 15.0 Å². The number of nitrogens with one attached hydrogen (secondary N) is 1. The number of hydrogen-bond donors (Lipinski definition) is 1. The summed E-state index contributed by atoms with van der Waals surface area (Å²) in [5, 5.41) is 2.98. The smallest absolute Gasteiger partial charge is 0.188 e. The summed E-state index contributed by atoms with van der Waals surface area (Å²) < 4.78 is 30.0. The Morgan fingerprint density at radius 2 is 2.00 bits per heavy atom. The van der Waals surface area contributed by atoms with E-state index in [0.29, 0.717) is 36.3 Å². The van der Waals surface area contributed by atoms with Crippen LogP contribution in [0.15, 0.2) is 71.3 Å². The number of halogens is 2. The molecule has 0 saturated heterocycles. The Balaban J connectivity index is 1.50. The fourth-order valence-corrected chi connectivity index (χ4v) is 3.98. The average molecular weight is 461 g/mol. The van der Waals surface area contributed by atoms with Gasteiger partial charge in [0.1, 0.15) is 11.5 Å². The molecule has 1 aliphatic heterocycles. The van der Waals surface area contributed by atoms with E-state index in [1.807, 2.05) is 30.9 Å². The maximum atomic E-state index is 15.3. The van der Waals surface area contributed by atoms with E-state index in [2.05, 4.69) is 32.0 Å². The van der Waals surface area contributed by atoms with Crippen LogP contribution in [0.4, 0.5) is 20.3 Å². The van der Waals surface area contributed by atoms with E-state index in [1.54, 1.807) is 36.8 Å². The lowest BCUT2D eigenvalue weighted by Crippen LogP contribution is -2.32. The monoisotopic (exact) mass is 460 g/mol. The highest BCUT2D eigenvalue weighted by molar-refractivity contribution is 5.61. The number of aromatic nitrogens is 3. The normalized spacial score (nSPS) is 14.1. The number of nitrogens with zero attached hydrogens (tertiary/aromatic N) is 5. The number of anilines is 2. The van der Waals surface area contributed by atoms with Gasteiger partial charge in [-0.15, -0.1) is 0 Å². The molecule has 1 aliphatic rings. The maximum Gasteiger partial charge on any atom is 0.188 e. The molecule has 0 amide bonds. The molecule has 0 fully saturated rings. The second-order valence-electron chi connectivity index (χ2n) is 8.01. The average Bonchev–Trinajstić information content (AvgIpc) is 2.83. The first kappa shape index (κ1) is 23.2. The van der Waals surface area contributed by atoms with Gasteiger partial charge in [-0.1, -0.05) is 12.2 Å². The second kappa shape index (κ2) is 10.3. The fourth-order valence-electron chi connectivity index (χ4n) is 3.98. The molecular formula is C26H26F2N6. The van der Waals surface area contributed by atoms with Crippen molar-refractivity contribution in [2.75, 3.05) is 23.3 Å². The molecular weight excluding hydrogens is 434 g/mol. The topological polar surface area (TPSA) is 66.3 Å². The van der Waals surface area contributed by atoms with Crippen LogP contribution in [0.3, 0.4) is 0 Å². The molecule has 174 valence electrons. The summed E-state index contributed by atoms with van der Waals surface area (Å²) in [5.74, 6) is -0.791. The number of pyridine rings is 3. The SMILES string of the molecule is C=NC1=C(/C=C\C)CN(c2ccnc(NCc3cnc(-c4ccnc(C)c4)c(F)c3)c2F)CC1. The third-order valence-corrected chi connectivity index (χ3v) is 5.65. The lowest BCUT2D eigenvalue weighted by Gasteiger charge is -2.31. The number of rotatable bonds is 7. The van der Waals surface area contributed by atoms with Crippen LogP contribution in [0.2, 0.25) is 0 Å². The van der Waals surface area contributed by atoms with Crippen LogP contribution < -0.4 is 10.2 Å². The lowest BCUT2D eigenvalue weighted by atomic mass is 10.0. The molecule has 0 aliphatic carbocycles. The lowest BCUT2D eigenvalue weighted by molar-refractivity contribution is 0.612. The first-order valence-corrected chi connectivity index (χ1v) is 11.0. The van der Waals surface area contributed by atoms with Crippen molar-refractivity contribution in [2.45, 2.75) is 26.8 Å². The summed E-state index contributed by atoms with van der Waals surface area (Å²) in [6, 6.07) is 6.55. The molecule has 4 rings (SSSR count). The molecule has 0 atom stereocenters. The van der Waals surface area contributed by atoms with Crippen molar-refractivity contribution in [3.63, 3.8) is 0 Å². The molecule has 0 bridgehead atoms. The maximum absolute atomic E-state index is 15.3. The van der Waals surface area contributed by atoms with Gasteiger partial charge in [-0.05, 0) is 56.0 Å². The van der Waals surface area contributed by atoms with Gasteiger partial charge in [-0.25, -0.2) is 13.8 Å². The molecule has 0 unspecified atom stereocenters. The second-order valence-corrected chi connectivity index (χ2v) is 8.01. The van der Waals surface area contributed by atoms with E-state index in [0.717, 1.165) is 17.0 Å². The van der Waals surface area contributed by atoms with Gasteiger partial charge in [0.2, 0.25) is 0 Å². The van der Waals surface area contributed by atoms with Crippen LogP contribution in [-0.2, 0) is 6.54 Å². The summed E-state index contributed by atoms with van der Waals surface area (Å²) in [6.45, 7) is 8.76. The summed E-state index contributed by atoms with van der Waals surface area (Å²) in [5.41, 5.74) is 4.68. The van der Waals surface area contributed by atoms with Crippen molar-refractivity contribution in [2.24, 2.45) is 4.99 Å². The highest BCUT2D eigenvalue weighted by Crippen LogP contribution is 2.30. The Morgan fingerprint density at radius 3 is 2.74 bits per heavy atom. The predicted octanol–water partition coefficient (Wildman–Crippen LogP) is 5.48. The zero-order chi connectivity index (χ0) is 24.1. The van der Waals surface area contributed by atoms with Crippen molar-refractivity contribution < 1.29 is 8.78 Å². The van der Waals surface area contributed by atoms with Crippen molar-refractivity contribution in [1.29, 1.82) is 0 Å². The highest BCUT2D eigenvalue weighted by atomic mass is 19.1. The predicted molar refractivity (Wildman–Crippen MR) is 132 cm³/mol. The quantitative estimate of drug-likeness (QED) is 0.473. The Bertz CT molecular complexity index is 1270. The molecule has 3 aromatic rings. The number of aryl methyl sites for hydroxylation is 1. The molecule has 1 N–H and O–H groups in total. The van der Waals surface area contributed by atoms with Gasteiger partial charge in [0.15, 0.2) is 11.6 Å². The first-order valence-electron chi connectivity index (χ1n) is 11.0. The molecule has 34 heavy (non-hydrogen) atoms. The number of aliphatic imine (C=N–C) groups is 1. The van der Waals surface area contributed by atoms with Crippen molar-refractivity contribution in [3.8, 4) is 11.3 Å². The molecule has 0 saturated carbocycles. The minimum absolute atomic E-state index is 0.107. The zero-order valence-electron chi connectivity index (χ0n) is 19.2. The van der Waals surface area contributed by atoms with Crippen LogP contribution in [0.5, 0.6) is 0 Å². The molecule has 3 aromatic heterocycles. The van der Waals surface area contributed by atoms with E-state index in [9.17, 15) is 4.39 Å². The van der Waals surface area contributed by atoms with Gasteiger partial charge in [0.25, 0.3) is 0 Å². The summed E-state index contributed by atoms with van der Waals surface area (Å²) in [4.78, 5) is 18.6. The summed E-state index contributed by atoms with van der Waals surface area (Å²) in [6.07, 6.45) is 9.36. The van der Waals surface area contributed by atoms with Crippen LogP contribution in [0, 0.1) is 18.6 Å². The minimum atomic E-state index is -0.449. The van der Waals surface area contributed by atoms with Gasteiger partial charge in [0.05, 0.1) is 5.69 Å². The van der Waals surface area contributed by atoms with Gasteiger partial charge in [-0.2, -0.15) is 0 Å². The van der Waals surface area contributed by atoms with Crippen LogP contribution in [-0.4, -0.2) is 34.8 Å². The van der Waals surface area contributed by atoms with E-state index in [4.69, 9.17) is 0 Å². The molecule has 6 nitrogen and oxygen atoms in total. The summed E-state index contributed by atoms with van der Waals surface area (Å²) >= 11 is 0. The van der Waals surface area contributed by atoms with Crippen molar-refractivity contribution in [3.05, 3.63) is 89.2 Å². The summed E-state index contributed by atoms with van der Waals surface area (Å²) in [7, 11) is 0. The van der Waals surface area contributed by atoms with E-state index in [1.165, 1.54) is 6.07 Å². The van der Waals surface area contributed by atoms with Gasteiger partial charge in [-0.3, -0.25) is 15.0 Å². The van der Waals surface area contributed by atoms with Crippen molar-refractivity contribution >= 4 is 18.2 Å². The zero-order valence-corrected chi connectivity index (χ0v) is 19.2. The molecule has 0 aromatic carbocycles.